The molecule has 0 spiro atoms. The van der Waals surface area contributed by atoms with E-state index in [-0.39, 0.29) is 35.2 Å². The summed E-state index contributed by atoms with van der Waals surface area (Å²) in [5.41, 5.74) is 6.33. The average molecular weight is 448 g/mol. The predicted molar refractivity (Wildman–Crippen MR) is 119 cm³/mol. The van der Waals surface area contributed by atoms with Crippen LogP contribution in [-0.4, -0.2) is 57.8 Å². The molecule has 3 N–H and O–H groups in total. The van der Waals surface area contributed by atoms with Gasteiger partial charge in [-0.25, -0.2) is 22.6 Å². The zero-order valence-corrected chi connectivity index (χ0v) is 18.4. The maximum absolute atomic E-state index is 13.2. The molecule has 11 nitrogen and oxygen atoms in total. The number of anilines is 2. The molecule has 1 aromatic carbocycles. The lowest BCUT2D eigenvalue weighted by atomic mass is 10.2. The molecule has 3 rings (SSSR count). The highest BCUT2D eigenvalue weighted by molar-refractivity contribution is 7.92. The van der Waals surface area contributed by atoms with Gasteiger partial charge < -0.3 is 10.6 Å². The molecule has 0 aliphatic rings. The fourth-order valence-electron chi connectivity index (χ4n) is 3.07. The second-order valence-electron chi connectivity index (χ2n) is 7.01. The molecular formula is C19H25N7O4S. The number of aromatic nitrogens is 4. The first-order chi connectivity index (χ1) is 14.7. The molecular weight excluding hydrogens is 422 g/mol. The summed E-state index contributed by atoms with van der Waals surface area (Å²) < 4.78 is 28.8. The van der Waals surface area contributed by atoms with Crippen LogP contribution in [-0.2, 0) is 16.6 Å². The van der Waals surface area contributed by atoms with E-state index in [0.717, 1.165) is 10.1 Å². The predicted octanol–water partition coefficient (Wildman–Crippen LogP) is 1.29. The van der Waals surface area contributed by atoms with E-state index in [4.69, 9.17) is 5.73 Å². The van der Waals surface area contributed by atoms with Crippen LogP contribution in [0.1, 0.15) is 25.8 Å². The Morgan fingerprint density at radius 1 is 1.19 bits per heavy atom. The lowest BCUT2D eigenvalue weighted by Crippen LogP contribution is -2.38. The zero-order valence-electron chi connectivity index (χ0n) is 17.6. The topological polar surface area (TPSA) is 145 Å². The molecule has 0 atom stereocenters. The van der Waals surface area contributed by atoms with E-state index >= 15 is 0 Å². The van der Waals surface area contributed by atoms with Crippen molar-refractivity contribution in [3.8, 4) is 0 Å². The number of imidazole rings is 1. The van der Waals surface area contributed by atoms with Crippen molar-refractivity contribution in [3.63, 3.8) is 0 Å². The monoisotopic (exact) mass is 447 g/mol. The third-order valence-corrected chi connectivity index (χ3v) is 6.13. The smallest absolute Gasteiger partial charge is 0.339 e. The SMILES string of the molecule is CCCS(=O)(=O)Nc1nc(N)c2c(n1)n(Cc1ccccc1)c(=O)n2C(=O)N(C)CC. The largest absolute Gasteiger partial charge is 0.382 e. The summed E-state index contributed by atoms with van der Waals surface area (Å²) >= 11 is 0. The Kier molecular flexibility index (Phi) is 6.29. The highest BCUT2D eigenvalue weighted by atomic mass is 32.2. The van der Waals surface area contributed by atoms with E-state index in [1.165, 1.54) is 9.47 Å². The third-order valence-electron chi connectivity index (χ3n) is 4.69. The molecule has 0 saturated heterocycles. The van der Waals surface area contributed by atoms with Gasteiger partial charge in [-0.2, -0.15) is 9.97 Å². The molecule has 0 saturated carbocycles. The standard InChI is InChI=1S/C19H25N7O4S/c1-4-11-31(29,30)23-17-21-15(20)14-16(22-17)25(12-13-9-7-6-8-10-13)19(28)26(14)18(27)24(3)5-2/h6-10H,4-5,11-12H2,1-3H3,(H3,20,21,22,23). The number of nitrogens with one attached hydrogen (secondary N) is 1. The molecule has 0 unspecified atom stereocenters. The summed E-state index contributed by atoms with van der Waals surface area (Å²) in [4.78, 5) is 35.7. The van der Waals surface area contributed by atoms with Gasteiger partial charge in [-0.05, 0) is 18.9 Å². The molecule has 0 aliphatic heterocycles. The van der Waals surface area contributed by atoms with Crippen molar-refractivity contribution in [2.24, 2.45) is 0 Å². The third kappa shape index (κ3) is 4.53. The molecule has 0 fully saturated rings. The Hall–Kier alpha value is -3.41. The second-order valence-corrected chi connectivity index (χ2v) is 8.85. The van der Waals surface area contributed by atoms with Gasteiger partial charge in [-0.1, -0.05) is 37.3 Å². The van der Waals surface area contributed by atoms with Crippen LogP contribution in [0.2, 0.25) is 0 Å². The van der Waals surface area contributed by atoms with Crippen LogP contribution in [0, 0.1) is 0 Å². The lowest BCUT2D eigenvalue weighted by Gasteiger charge is -2.14. The minimum Gasteiger partial charge on any atom is -0.382 e. The van der Waals surface area contributed by atoms with Gasteiger partial charge >= 0.3 is 11.7 Å². The normalized spacial score (nSPS) is 11.6. The molecule has 0 radical (unpaired) electrons. The minimum atomic E-state index is -3.68. The van der Waals surface area contributed by atoms with Crippen molar-refractivity contribution in [2.45, 2.75) is 26.8 Å². The first-order valence-corrected chi connectivity index (χ1v) is 11.4. The average Bonchev–Trinajstić information content (AvgIpc) is 2.99. The Morgan fingerprint density at radius 2 is 1.87 bits per heavy atom. The van der Waals surface area contributed by atoms with Gasteiger partial charge in [0.2, 0.25) is 16.0 Å². The van der Waals surface area contributed by atoms with Crippen LogP contribution in [0.25, 0.3) is 11.2 Å². The Morgan fingerprint density at radius 3 is 2.48 bits per heavy atom. The number of amides is 1. The second kappa shape index (κ2) is 8.76. The summed E-state index contributed by atoms with van der Waals surface area (Å²) in [5.74, 6) is -0.555. The van der Waals surface area contributed by atoms with Crippen LogP contribution in [0.4, 0.5) is 16.6 Å². The molecule has 1 amide bonds. The van der Waals surface area contributed by atoms with Crippen molar-refractivity contribution < 1.29 is 13.2 Å². The van der Waals surface area contributed by atoms with Crippen molar-refractivity contribution in [3.05, 3.63) is 46.4 Å². The molecule has 3 aromatic rings. The summed E-state index contributed by atoms with van der Waals surface area (Å²) in [6.45, 7) is 3.98. The van der Waals surface area contributed by atoms with Crippen molar-refractivity contribution in [1.29, 1.82) is 0 Å². The highest BCUT2D eigenvalue weighted by Gasteiger charge is 2.26. The van der Waals surface area contributed by atoms with E-state index < -0.39 is 21.7 Å². The Labute approximate surface area is 179 Å². The molecule has 12 heteroatoms. The number of hydrogen-bond acceptors (Lipinski definition) is 7. The van der Waals surface area contributed by atoms with Crippen molar-refractivity contribution in [2.75, 3.05) is 29.8 Å². The van der Waals surface area contributed by atoms with Gasteiger partial charge in [0, 0.05) is 13.6 Å². The van der Waals surface area contributed by atoms with Crippen LogP contribution < -0.4 is 16.1 Å². The van der Waals surface area contributed by atoms with E-state index in [2.05, 4.69) is 14.7 Å². The molecule has 2 aromatic heterocycles. The van der Waals surface area contributed by atoms with Gasteiger partial charge in [-0.3, -0.25) is 9.29 Å². The number of carbonyl (C=O) groups excluding carboxylic acids is 1. The van der Waals surface area contributed by atoms with E-state index in [1.807, 2.05) is 30.3 Å². The first kappa shape index (κ1) is 22.3. The van der Waals surface area contributed by atoms with Crippen molar-refractivity contribution in [1.82, 2.24) is 24.0 Å². The van der Waals surface area contributed by atoms with Gasteiger partial charge in [0.25, 0.3) is 0 Å². The van der Waals surface area contributed by atoms with E-state index in [9.17, 15) is 18.0 Å². The van der Waals surface area contributed by atoms with Crippen LogP contribution in [0.3, 0.4) is 0 Å². The van der Waals surface area contributed by atoms with Gasteiger partial charge in [-0.15, -0.1) is 0 Å². The molecule has 166 valence electrons. The number of sulfonamides is 1. The van der Waals surface area contributed by atoms with Gasteiger partial charge in [0.1, 0.15) is 5.52 Å². The Bertz CT molecular complexity index is 1270. The fraction of sp³-hybridized carbons (Fsp3) is 0.368. The van der Waals surface area contributed by atoms with Gasteiger partial charge in [0.15, 0.2) is 11.5 Å². The summed E-state index contributed by atoms with van der Waals surface area (Å²) in [6.07, 6.45) is 0.403. The summed E-state index contributed by atoms with van der Waals surface area (Å²) in [5, 5.41) is 0. The lowest BCUT2D eigenvalue weighted by molar-refractivity contribution is 0.212. The highest BCUT2D eigenvalue weighted by Crippen LogP contribution is 2.21. The fourth-order valence-corrected chi connectivity index (χ4v) is 4.07. The molecule has 0 bridgehead atoms. The maximum atomic E-state index is 13.2. The van der Waals surface area contributed by atoms with Crippen LogP contribution in [0.15, 0.2) is 35.1 Å². The number of hydrogen-bond donors (Lipinski definition) is 2. The number of fused-ring (bicyclic) bond motifs is 1. The minimum absolute atomic E-state index is 0.0321. The molecule has 0 aliphatic carbocycles. The molecule has 31 heavy (non-hydrogen) atoms. The zero-order chi connectivity index (χ0) is 22.8. The number of nitrogens with zero attached hydrogens (tertiary/aromatic N) is 5. The quantitative estimate of drug-likeness (QED) is 0.555. The number of benzene rings is 1. The summed E-state index contributed by atoms with van der Waals surface area (Å²) in [6, 6.07) is 8.55. The van der Waals surface area contributed by atoms with Gasteiger partial charge in [0.05, 0.1) is 12.3 Å². The molecule has 2 heterocycles. The van der Waals surface area contributed by atoms with Crippen molar-refractivity contribution >= 4 is 39.0 Å². The number of rotatable bonds is 7. The number of carbonyl (C=O) groups is 1. The summed E-state index contributed by atoms with van der Waals surface area (Å²) in [7, 11) is -2.12. The number of nitrogens with two attached hydrogens (primary N) is 1. The first-order valence-electron chi connectivity index (χ1n) is 9.77. The van der Waals surface area contributed by atoms with E-state index in [1.54, 1.807) is 20.9 Å². The van der Waals surface area contributed by atoms with Crippen LogP contribution in [0.5, 0.6) is 0 Å². The van der Waals surface area contributed by atoms with Crippen LogP contribution >= 0.6 is 0 Å². The van der Waals surface area contributed by atoms with E-state index in [0.29, 0.717) is 13.0 Å². The number of nitrogen functional groups attached to an aromatic ring is 1. The Balaban J connectivity index is 2.25. The maximum Gasteiger partial charge on any atom is 0.339 e.